The molecule has 0 aromatic heterocycles. The number of aliphatic carboxylic acids is 1. The highest BCUT2D eigenvalue weighted by Gasteiger charge is 2.37. The Labute approximate surface area is 78.5 Å². The van der Waals surface area contributed by atoms with E-state index in [2.05, 4.69) is 0 Å². The molecule has 76 valence electrons. The Hall–Kier alpha value is -1.06. The quantitative estimate of drug-likeness (QED) is 0.667. The molecule has 1 amide bonds. The summed E-state index contributed by atoms with van der Waals surface area (Å²) in [5.74, 6) is -1.43. The molecule has 0 aliphatic rings. The Bertz CT molecular complexity index is 211. The van der Waals surface area contributed by atoms with Crippen molar-refractivity contribution in [2.75, 3.05) is 13.6 Å². The standard InChI is InChI=1S/C9H17NO3/c1-5-6-10(4)7(11)9(2,3)8(12)13/h5-6H2,1-4H3,(H,12,13). The monoisotopic (exact) mass is 187 g/mol. The minimum atomic E-state index is -1.32. The first kappa shape index (κ1) is 11.9. The van der Waals surface area contributed by atoms with Gasteiger partial charge in [0.25, 0.3) is 0 Å². The van der Waals surface area contributed by atoms with Gasteiger partial charge in [0.2, 0.25) is 5.91 Å². The molecule has 0 unspecified atom stereocenters. The van der Waals surface area contributed by atoms with Crippen LogP contribution in [0.15, 0.2) is 0 Å². The number of rotatable bonds is 4. The fourth-order valence-corrected chi connectivity index (χ4v) is 1.01. The van der Waals surface area contributed by atoms with Gasteiger partial charge in [0.05, 0.1) is 0 Å². The van der Waals surface area contributed by atoms with E-state index < -0.39 is 11.4 Å². The molecule has 0 radical (unpaired) electrons. The van der Waals surface area contributed by atoms with E-state index in [-0.39, 0.29) is 5.91 Å². The van der Waals surface area contributed by atoms with Crippen LogP contribution in [0.2, 0.25) is 0 Å². The third-order valence-corrected chi connectivity index (χ3v) is 1.98. The number of carboxylic acid groups (broad SMARTS) is 1. The second-order valence-electron chi connectivity index (χ2n) is 3.66. The van der Waals surface area contributed by atoms with Gasteiger partial charge in [-0.15, -0.1) is 0 Å². The van der Waals surface area contributed by atoms with Gasteiger partial charge in [-0.1, -0.05) is 6.92 Å². The number of nitrogens with zero attached hydrogens (tertiary/aromatic N) is 1. The SMILES string of the molecule is CCCN(C)C(=O)C(C)(C)C(=O)O. The van der Waals surface area contributed by atoms with E-state index in [9.17, 15) is 9.59 Å². The number of amides is 1. The Morgan fingerprint density at radius 2 is 1.85 bits per heavy atom. The molecule has 0 spiro atoms. The Kier molecular flexibility index (Phi) is 3.91. The van der Waals surface area contributed by atoms with Gasteiger partial charge in [0.15, 0.2) is 0 Å². The van der Waals surface area contributed by atoms with Gasteiger partial charge in [-0.25, -0.2) is 0 Å². The molecule has 1 N–H and O–H groups in total. The fraction of sp³-hybridized carbons (Fsp3) is 0.778. The van der Waals surface area contributed by atoms with Crippen molar-refractivity contribution in [1.29, 1.82) is 0 Å². The van der Waals surface area contributed by atoms with Crippen LogP contribution < -0.4 is 0 Å². The highest BCUT2D eigenvalue weighted by molar-refractivity contribution is 6.00. The maximum Gasteiger partial charge on any atom is 0.318 e. The summed E-state index contributed by atoms with van der Waals surface area (Å²) in [6, 6.07) is 0. The lowest BCUT2D eigenvalue weighted by Gasteiger charge is -2.25. The minimum Gasteiger partial charge on any atom is -0.480 e. The summed E-state index contributed by atoms with van der Waals surface area (Å²) < 4.78 is 0. The van der Waals surface area contributed by atoms with E-state index in [4.69, 9.17) is 5.11 Å². The number of hydrogen-bond acceptors (Lipinski definition) is 2. The lowest BCUT2D eigenvalue weighted by atomic mass is 9.92. The van der Waals surface area contributed by atoms with Crippen molar-refractivity contribution in [3.05, 3.63) is 0 Å². The lowest BCUT2D eigenvalue weighted by molar-refractivity contribution is -0.157. The molecule has 0 aromatic rings. The summed E-state index contributed by atoms with van der Waals surface area (Å²) in [6.07, 6.45) is 0.831. The van der Waals surface area contributed by atoms with Crippen LogP contribution in [0.3, 0.4) is 0 Å². The van der Waals surface area contributed by atoms with Crippen molar-refractivity contribution in [2.45, 2.75) is 27.2 Å². The number of carbonyl (C=O) groups excluding carboxylic acids is 1. The summed E-state index contributed by atoms with van der Waals surface area (Å²) in [7, 11) is 1.62. The molecule has 0 bridgehead atoms. The highest BCUT2D eigenvalue weighted by atomic mass is 16.4. The first-order chi connectivity index (χ1) is 5.84. The second-order valence-corrected chi connectivity index (χ2v) is 3.66. The van der Waals surface area contributed by atoms with E-state index in [1.165, 1.54) is 18.7 Å². The van der Waals surface area contributed by atoms with Gasteiger partial charge >= 0.3 is 5.97 Å². The molecule has 0 aliphatic carbocycles. The zero-order valence-corrected chi connectivity index (χ0v) is 8.63. The van der Waals surface area contributed by atoms with Gasteiger partial charge < -0.3 is 10.0 Å². The van der Waals surface area contributed by atoms with Crippen molar-refractivity contribution < 1.29 is 14.7 Å². The minimum absolute atomic E-state index is 0.346. The van der Waals surface area contributed by atoms with E-state index in [1.807, 2.05) is 6.92 Å². The predicted molar refractivity (Wildman–Crippen MR) is 49.3 cm³/mol. The van der Waals surface area contributed by atoms with E-state index in [0.29, 0.717) is 6.54 Å². The summed E-state index contributed by atoms with van der Waals surface area (Å²) in [4.78, 5) is 23.7. The van der Waals surface area contributed by atoms with Gasteiger partial charge in [0, 0.05) is 13.6 Å². The molecule has 0 rings (SSSR count). The number of hydrogen-bond donors (Lipinski definition) is 1. The lowest BCUT2D eigenvalue weighted by Crippen LogP contribution is -2.43. The second kappa shape index (κ2) is 4.25. The van der Waals surface area contributed by atoms with E-state index >= 15 is 0 Å². The summed E-state index contributed by atoms with van der Waals surface area (Å²) in [5, 5.41) is 8.78. The summed E-state index contributed by atoms with van der Waals surface area (Å²) >= 11 is 0. The molecule has 4 heteroatoms. The van der Waals surface area contributed by atoms with Gasteiger partial charge in [-0.2, -0.15) is 0 Å². The van der Waals surface area contributed by atoms with Crippen molar-refractivity contribution in [2.24, 2.45) is 5.41 Å². The van der Waals surface area contributed by atoms with Crippen molar-refractivity contribution in [3.8, 4) is 0 Å². The van der Waals surface area contributed by atoms with Crippen LogP contribution in [0, 0.1) is 5.41 Å². The first-order valence-electron chi connectivity index (χ1n) is 4.33. The highest BCUT2D eigenvalue weighted by Crippen LogP contribution is 2.18. The van der Waals surface area contributed by atoms with Crippen LogP contribution in [0.1, 0.15) is 27.2 Å². The maximum atomic E-state index is 11.5. The Morgan fingerprint density at radius 3 is 2.15 bits per heavy atom. The smallest absolute Gasteiger partial charge is 0.318 e. The Balaban J connectivity index is 4.49. The third kappa shape index (κ3) is 2.72. The van der Waals surface area contributed by atoms with Crippen LogP contribution >= 0.6 is 0 Å². The average molecular weight is 187 g/mol. The molecule has 13 heavy (non-hydrogen) atoms. The average Bonchev–Trinajstić information content (AvgIpc) is 2.03. The predicted octanol–water partition coefficient (Wildman–Crippen LogP) is 0.966. The topological polar surface area (TPSA) is 57.6 Å². The number of carbonyl (C=O) groups is 2. The normalized spacial score (nSPS) is 11.1. The summed E-state index contributed by atoms with van der Waals surface area (Å²) in [5.41, 5.74) is -1.32. The van der Waals surface area contributed by atoms with Crippen molar-refractivity contribution in [3.63, 3.8) is 0 Å². The van der Waals surface area contributed by atoms with Crippen LogP contribution in [0.4, 0.5) is 0 Å². The van der Waals surface area contributed by atoms with Crippen molar-refractivity contribution >= 4 is 11.9 Å². The van der Waals surface area contributed by atoms with E-state index in [0.717, 1.165) is 6.42 Å². The molecule has 0 saturated heterocycles. The molecule has 0 atom stereocenters. The van der Waals surface area contributed by atoms with Gasteiger partial charge in [-0.05, 0) is 20.3 Å². The van der Waals surface area contributed by atoms with Crippen LogP contribution in [-0.2, 0) is 9.59 Å². The van der Waals surface area contributed by atoms with Gasteiger partial charge in [0.1, 0.15) is 5.41 Å². The molecular weight excluding hydrogens is 170 g/mol. The van der Waals surface area contributed by atoms with Crippen LogP contribution in [-0.4, -0.2) is 35.5 Å². The van der Waals surface area contributed by atoms with Crippen LogP contribution in [0.5, 0.6) is 0 Å². The van der Waals surface area contributed by atoms with Crippen molar-refractivity contribution in [1.82, 2.24) is 4.90 Å². The van der Waals surface area contributed by atoms with Crippen LogP contribution in [0.25, 0.3) is 0 Å². The third-order valence-electron chi connectivity index (χ3n) is 1.98. The molecular formula is C9H17NO3. The first-order valence-corrected chi connectivity index (χ1v) is 4.33. The van der Waals surface area contributed by atoms with E-state index in [1.54, 1.807) is 7.05 Å². The number of carboxylic acids is 1. The molecule has 0 aliphatic heterocycles. The fourth-order valence-electron chi connectivity index (χ4n) is 1.01. The largest absolute Gasteiger partial charge is 0.480 e. The molecule has 0 aromatic carbocycles. The molecule has 0 fully saturated rings. The van der Waals surface area contributed by atoms with Gasteiger partial charge in [-0.3, -0.25) is 9.59 Å². The zero-order valence-electron chi connectivity index (χ0n) is 8.63. The molecule has 0 saturated carbocycles. The Morgan fingerprint density at radius 1 is 1.38 bits per heavy atom. The maximum absolute atomic E-state index is 11.5. The summed E-state index contributed by atoms with van der Waals surface area (Å²) in [6.45, 7) is 5.38. The zero-order chi connectivity index (χ0) is 10.6. The molecule has 0 heterocycles. The molecule has 4 nitrogen and oxygen atoms in total.